The number of aryl methyl sites for hydroxylation is 2. The number of nitrogens with zero attached hydrogens (tertiary/aromatic N) is 3. The van der Waals surface area contributed by atoms with Gasteiger partial charge in [0.15, 0.2) is 0 Å². The van der Waals surface area contributed by atoms with Crippen molar-refractivity contribution in [3.63, 3.8) is 0 Å². The van der Waals surface area contributed by atoms with Crippen molar-refractivity contribution < 1.29 is 27.4 Å². The molecule has 0 amide bonds. The SMILES string of the molecule is Cc1ccc(Cn2c(-c3ccc(Oc4ccc5[nH]c(C(=O)OC6CCN(C)CC6)cc5c4)cc3)cc(C(F)(F)F)c(C#N)c2=O)c(C)c1. The number of carbonyl (C=O) groups excluding carboxylic acids is 1. The van der Waals surface area contributed by atoms with Crippen LogP contribution < -0.4 is 10.3 Å². The van der Waals surface area contributed by atoms with Crippen LogP contribution in [0.4, 0.5) is 13.2 Å². The summed E-state index contributed by atoms with van der Waals surface area (Å²) in [5.41, 5.74) is 0.809. The summed E-state index contributed by atoms with van der Waals surface area (Å²) >= 11 is 0. The van der Waals surface area contributed by atoms with E-state index in [2.05, 4.69) is 9.88 Å². The molecule has 3 heterocycles. The number of hydrogen-bond donors (Lipinski definition) is 1. The smallest absolute Gasteiger partial charge is 0.417 e. The molecule has 5 aromatic rings. The van der Waals surface area contributed by atoms with Gasteiger partial charge >= 0.3 is 12.1 Å². The molecule has 1 N–H and O–H groups in total. The molecular formula is C37H33F3N4O4. The fourth-order valence-corrected chi connectivity index (χ4v) is 6.00. The van der Waals surface area contributed by atoms with Crippen LogP contribution in [0.1, 0.15) is 51.1 Å². The van der Waals surface area contributed by atoms with Gasteiger partial charge in [0.05, 0.1) is 17.8 Å². The summed E-state index contributed by atoms with van der Waals surface area (Å²) in [4.78, 5) is 31.5. The molecule has 0 radical (unpaired) electrons. The molecule has 0 aliphatic carbocycles. The molecule has 0 bridgehead atoms. The summed E-state index contributed by atoms with van der Waals surface area (Å²) in [6, 6.07) is 21.3. The number of ether oxygens (including phenoxy) is 2. The van der Waals surface area contributed by atoms with Crippen molar-refractivity contribution >= 4 is 16.9 Å². The van der Waals surface area contributed by atoms with Crippen molar-refractivity contribution in [2.75, 3.05) is 20.1 Å². The molecule has 246 valence electrons. The number of nitrogens with one attached hydrogen (secondary N) is 1. The molecule has 0 unspecified atom stereocenters. The Balaban J connectivity index is 1.26. The average molecular weight is 655 g/mol. The lowest BCUT2D eigenvalue weighted by atomic mass is 10.0. The van der Waals surface area contributed by atoms with Gasteiger partial charge in [-0.3, -0.25) is 4.79 Å². The van der Waals surface area contributed by atoms with Gasteiger partial charge in [0, 0.05) is 24.0 Å². The standard InChI is InChI=1S/C37H33F3N4O4/c1-22-4-5-25(23(2)16-22)21-44-34(19-31(37(38,39)40)30(20-41)35(44)45)24-6-8-27(9-7-24)47-29-10-11-32-26(17-29)18-33(42-32)36(46)48-28-12-14-43(3)15-13-28/h4-11,16-19,28,42H,12-15,21H2,1-3H3. The number of hydrogen-bond acceptors (Lipinski definition) is 6. The first-order chi connectivity index (χ1) is 22.9. The zero-order valence-corrected chi connectivity index (χ0v) is 26.6. The van der Waals surface area contributed by atoms with Gasteiger partial charge in [-0.05, 0) is 105 Å². The molecule has 48 heavy (non-hydrogen) atoms. The predicted octanol–water partition coefficient (Wildman–Crippen LogP) is 7.60. The Morgan fingerprint density at radius 2 is 1.69 bits per heavy atom. The van der Waals surface area contributed by atoms with Gasteiger partial charge in [-0.25, -0.2) is 4.79 Å². The number of rotatable bonds is 7. The predicted molar refractivity (Wildman–Crippen MR) is 175 cm³/mol. The quantitative estimate of drug-likeness (QED) is 0.182. The molecular weight excluding hydrogens is 621 g/mol. The summed E-state index contributed by atoms with van der Waals surface area (Å²) in [6.45, 7) is 5.52. The van der Waals surface area contributed by atoms with E-state index in [0.717, 1.165) is 59.6 Å². The summed E-state index contributed by atoms with van der Waals surface area (Å²) in [6.07, 6.45) is -3.44. The van der Waals surface area contributed by atoms with Crippen LogP contribution in [0.15, 0.2) is 77.6 Å². The number of pyridine rings is 1. The number of halogens is 3. The highest BCUT2D eigenvalue weighted by Crippen LogP contribution is 2.35. The topological polar surface area (TPSA) is 100 Å². The van der Waals surface area contributed by atoms with E-state index in [9.17, 15) is 28.0 Å². The lowest BCUT2D eigenvalue weighted by Gasteiger charge is -2.28. The van der Waals surface area contributed by atoms with Crippen LogP contribution in [-0.4, -0.2) is 46.7 Å². The Morgan fingerprint density at radius 1 is 0.979 bits per heavy atom. The van der Waals surface area contributed by atoms with Crippen molar-refractivity contribution in [2.24, 2.45) is 0 Å². The Hall–Kier alpha value is -5.34. The lowest BCUT2D eigenvalue weighted by molar-refractivity contribution is -0.137. The number of carbonyl (C=O) groups is 1. The molecule has 1 fully saturated rings. The van der Waals surface area contributed by atoms with Crippen LogP contribution in [0.25, 0.3) is 22.2 Å². The first-order valence-electron chi connectivity index (χ1n) is 15.5. The molecule has 1 aliphatic rings. The van der Waals surface area contributed by atoms with Crippen molar-refractivity contribution in [1.82, 2.24) is 14.5 Å². The van der Waals surface area contributed by atoms with Crippen LogP contribution in [0.3, 0.4) is 0 Å². The highest BCUT2D eigenvalue weighted by Gasteiger charge is 2.36. The monoisotopic (exact) mass is 654 g/mol. The number of fused-ring (bicyclic) bond motifs is 1. The normalized spacial score (nSPS) is 14.2. The van der Waals surface area contributed by atoms with E-state index < -0.39 is 28.8 Å². The number of nitriles is 1. The van der Waals surface area contributed by atoms with Crippen LogP contribution in [0.5, 0.6) is 11.5 Å². The van der Waals surface area contributed by atoms with Gasteiger partial charge in [-0.15, -0.1) is 0 Å². The fraction of sp³-hybridized carbons (Fsp3) is 0.270. The molecule has 0 saturated carbocycles. The third-order valence-corrected chi connectivity index (χ3v) is 8.68. The number of esters is 1. The van der Waals surface area contributed by atoms with Gasteiger partial charge in [-0.2, -0.15) is 18.4 Å². The highest BCUT2D eigenvalue weighted by molar-refractivity contribution is 5.95. The van der Waals surface area contributed by atoms with Crippen molar-refractivity contribution in [3.8, 4) is 28.8 Å². The second-order valence-corrected chi connectivity index (χ2v) is 12.2. The van der Waals surface area contributed by atoms with E-state index in [0.29, 0.717) is 22.8 Å². The van der Waals surface area contributed by atoms with Gasteiger partial charge < -0.3 is 23.9 Å². The minimum absolute atomic E-state index is 0.0183. The summed E-state index contributed by atoms with van der Waals surface area (Å²) in [5.74, 6) is 0.476. The number of piperidine rings is 1. The Kier molecular flexibility index (Phi) is 8.86. The molecule has 11 heteroatoms. The number of alkyl halides is 3. The van der Waals surface area contributed by atoms with Crippen LogP contribution >= 0.6 is 0 Å². The molecule has 0 spiro atoms. The number of likely N-dealkylation sites (tertiary alicyclic amines) is 1. The number of benzene rings is 3. The van der Waals surface area contributed by atoms with Crippen LogP contribution in [0.2, 0.25) is 0 Å². The number of H-pyrrole nitrogens is 1. The van der Waals surface area contributed by atoms with Crippen molar-refractivity contribution in [1.29, 1.82) is 5.26 Å². The van der Waals surface area contributed by atoms with E-state index in [-0.39, 0.29) is 18.3 Å². The van der Waals surface area contributed by atoms with Crippen molar-refractivity contribution in [2.45, 2.75) is 45.5 Å². The van der Waals surface area contributed by atoms with Gasteiger partial charge in [0.2, 0.25) is 0 Å². The second kappa shape index (κ2) is 13.0. The molecule has 1 saturated heterocycles. The van der Waals surface area contributed by atoms with E-state index in [1.807, 2.05) is 39.1 Å². The highest BCUT2D eigenvalue weighted by atomic mass is 19.4. The number of aromatic nitrogens is 2. The van der Waals surface area contributed by atoms with E-state index in [1.54, 1.807) is 48.5 Å². The molecule has 0 atom stereocenters. The largest absolute Gasteiger partial charge is 0.458 e. The maximum Gasteiger partial charge on any atom is 0.417 e. The Labute approximate surface area is 274 Å². The Morgan fingerprint density at radius 3 is 2.35 bits per heavy atom. The van der Waals surface area contributed by atoms with Gasteiger partial charge in [-0.1, -0.05) is 23.8 Å². The maximum absolute atomic E-state index is 14.0. The lowest BCUT2D eigenvalue weighted by Crippen LogP contribution is -2.35. The molecule has 6 rings (SSSR count). The Bertz CT molecular complexity index is 2100. The third-order valence-electron chi connectivity index (χ3n) is 8.68. The minimum Gasteiger partial charge on any atom is -0.458 e. The van der Waals surface area contributed by atoms with Crippen LogP contribution in [0, 0.1) is 25.2 Å². The minimum atomic E-state index is -4.90. The third kappa shape index (κ3) is 6.85. The average Bonchev–Trinajstić information content (AvgIpc) is 3.48. The van der Waals surface area contributed by atoms with E-state index in [4.69, 9.17) is 9.47 Å². The molecule has 2 aromatic heterocycles. The van der Waals surface area contributed by atoms with Gasteiger partial charge in [0.25, 0.3) is 5.56 Å². The second-order valence-electron chi connectivity index (χ2n) is 12.2. The molecule has 1 aliphatic heterocycles. The van der Waals surface area contributed by atoms with E-state index >= 15 is 0 Å². The summed E-state index contributed by atoms with van der Waals surface area (Å²) in [5, 5.41) is 10.3. The molecule has 8 nitrogen and oxygen atoms in total. The zero-order chi connectivity index (χ0) is 34.2. The zero-order valence-electron chi connectivity index (χ0n) is 26.6. The van der Waals surface area contributed by atoms with Crippen LogP contribution in [-0.2, 0) is 17.5 Å². The van der Waals surface area contributed by atoms with Crippen molar-refractivity contribution in [3.05, 3.63) is 117 Å². The first-order valence-corrected chi connectivity index (χ1v) is 15.5. The van der Waals surface area contributed by atoms with E-state index in [1.165, 1.54) is 10.6 Å². The maximum atomic E-state index is 14.0. The first kappa shape index (κ1) is 32.6. The number of aromatic amines is 1. The summed E-state index contributed by atoms with van der Waals surface area (Å²) in [7, 11) is 2.04. The van der Waals surface area contributed by atoms with Gasteiger partial charge in [0.1, 0.15) is 34.9 Å². The summed E-state index contributed by atoms with van der Waals surface area (Å²) < 4.78 is 55.0. The molecule has 3 aromatic carbocycles. The fourth-order valence-electron chi connectivity index (χ4n) is 6.00.